The molecule has 110 valence electrons. The molecule has 0 saturated heterocycles. The van der Waals surface area contributed by atoms with Gasteiger partial charge in [-0.05, 0) is 48.9 Å². The van der Waals surface area contributed by atoms with Crippen molar-refractivity contribution in [3.05, 3.63) is 59.7 Å². The molecule has 1 aromatic carbocycles. The molecule has 1 fully saturated rings. The third-order valence-corrected chi connectivity index (χ3v) is 4.29. The van der Waals surface area contributed by atoms with Crippen molar-refractivity contribution in [2.45, 2.75) is 44.6 Å². The summed E-state index contributed by atoms with van der Waals surface area (Å²) in [6, 6.07) is 10.8. The normalized spacial score (nSPS) is 16.4. The summed E-state index contributed by atoms with van der Waals surface area (Å²) in [5, 5.41) is 3.62. The summed E-state index contributed by atoms with van der Waals surface area (Å²) < 4.78 is 0. The van der Waals surface area contributed by atoms with E-state index in [-0.39, 0.29) is 6.04 Å². The Morgan fingerprint density at radius 3 is 2.57 bits per heavy atom. The van der Waals surface area contributed by atoms with Gasteiger partial charge < -0.3 is 5.32 Å². The fraction of sp³-hybridized carbons (Fsp3) is 0.444. The zero-order chi connectivity index (χ0) is 14.5. The van der Waals surface area contributed by atoms with E-state index in [1.807, 2.05) is 18.5 Å². The molecule has 1 atom stereocenters. The Morgan fingerprint density at radius 1 is 1.14 bits per heavy atom. The molecule has 0 radical (unpaired) electrons. The highest BCUT2D eigenvalue weighted by Crippen LogP contribution is 2.40. The zero-order valence-electron chi connectivity index (χ0n) is 12.6. The Balaban J connectivity index is 1.96. The highest BCUT2D eigenvalue weighted by molar-refractivity contribution is 5.37. The van der Waals surface area contributed by atoms with Gasteiger partial charge in [-0.2, -0.15) is 0 Å². The van der Waals surface area contributed by atoms with Gasteiger partial charge in [0.2, 0.25) is 0 Å². The van der Waals surface area contributed by atoms with E-state index in [2.05, 4.69) is 46.5 Å². The van der Waals surface area contributed by atoms with Crippen molar-refractivity contribution in [3.63, 3.8) is 0 Å². The highest BCUT2D eigenvalue weighted by Gasteiger charge is 2.26. The first kappa shape index (κ1) is 14.2. The number of hydrogen-bond acceptors (Lipinski definition) is 3. The van der Waals surface area contributed by atoms with Gasteiger partial charge in [0.15, 0.2) is 0 Å². The van der Waals surface area contributed by atoms with Gasteiger partial charge >= 0.3 is 0 Å². The first-order valence-corrected chi connectivity index (χ1v) is 7.99. The van der Waals surface area contributed by atoms with E-state index >= 15 is 0 Å². The summed E-state index contributed by atoms with van der Waals surface area (Å²) in [5.74, 6) is 1.59. The minimum absolute atomic E-state index is 0.1000. The van der Waals surface area contributed by atoms with Crippen LogP contribution < -0.4 is 5.32 Å². The number of nitrogens with one attached hydrogen (secondary N) is 1. The standard InChI is InChI=1S/C18H23N3/c1-2-11-19-17(18-20-12-6-13-21-18)16-10-4-3-9-15(16)14-7-5-8-14/h3-4,6,9-10,12-14,17,19H,2,5,7-8,11H2,1H3. The predicted molar refractivity (Wildman–Crippen MR) is 85.2 cm³/mol. The average Bonchev–Trinajstić information content (AvgIpc) is 2.48. The fourth-order valence-electron chi connectivity index (χ4n) is 2.95. The Hall–Kier alpha value is -1.74. The maximum Gasteiger partial charge on any atom is 0.149 e. The van der Waals surface area contributed by atoms with Crippen molar-refractivity contribution in [1.82, 2.24) is 15.3 Å². The van der Waals surface area contributed by atoms with Gasteiger partial charge in [0.25, 0.3) is 0 Å². The third kappa shape index (κ3) is 3.13. The molecule has 1 aromatic heterocycles. The first-order valence-electron chi connectivity index (χ1n) is 7.99. The topological polar surface area (TPSA) is 37.8 Å². The Kier molecular flexibility index (Phi) is 4.61. The molecule has 3 nitrogen and oxygen atoms in total. The molecule has 1 aliphatic rings. The van der Waals surface area contributed by atoms with Crippen molar-refractivity contribution in [2.75, 3.05) is 6.54 Å². The van der Waals surface area contributed by atoms with Gasteiger partial charge in [-0.3, -0.25) is 0 Å². The minimum Gasteiger partial charge on any atom is -0.304 e. The smallest absolute Gasteiger partial charge is 0.149 e. The molecule has 3 heteroatoms. The second-order valence-corrected chi connectivity index (χ2v) is 5.75. The van der Waals surface area contributed by atoms with Crippen LogP contribution in [0, 0.1) is 0 Å². The van der Waals surface area contributed by atoms with E-state index in [9.17, 15) is 0 Å². The van der Waals surface area contributed by atoms with Crippen LogP contribution in [0.3, 0.4) is 0 Å². The Bertz CT molecular complexity index is 564. The molecule has 0 bridgehead atoms. The molecule has 2 aromatic rings. The monoisotopic (exact) mass is 281 g/mol. The predicted octanol–water partition coefficient (Wildman–Crippen LogP) is 3.83. The van der Waals surface area contributed by atoms with Crippen LogP contribution in [0.4, 0.5) is 0 Å². The van der Waals surface area contributed by atoms with Crippen molar-refractivity contribution >= 4 is 0 Å². The lowest BCUT2D eigenvalue weighted by Gasteiger charge is -2.30. The van der Waals surface area contributed by atoms with E-state index in [0.717, 1.165) is 24.7 Å². The van der Waals surface area contributed by atoms with Crippen molar-refractivity contribution in [1.29, 1.82) is 0 Å². The molecule has 0 amide bonds. The molecule has 1 heterocycles. The van der Waals surface area contributed by atoms with Gasteiger partial charge in [0.05, 0.1) is 6.04 Å². The van der Waals surface area contributed by atoms with Crippen LogP contribution >= 0.6 is 0 Å². The van der Waals surface area contributed by atoms with Gasteiger partial charge in [0.1, 0.15) is 5.82 Å². The summed E-state index contributed by atoms with van der Waals surface area (Å²) in [6.45, 7) is 3.16. The molecular formula is C18H23N3. The van der Waals surface area contributed by atoms with E-state index in [4.69, 9.17) is 0 Å². The maximum atomic E-state index is 4.48. The largest absolute Gasteiger partial charge is 0.304 e. The van der Waals surface area contributed by atoms with Gasteiger partial charge in [-0.15, -0.1) is 0 Å². The average molecular weight is 281 g/mol. The van der Waals surface area contributed by atoms with Crippen molar-refractivity contribution < 1.29 is 0 Å². The van der Waals surface area contributed by atoms with E-state index in [0.29, 0.717) is 0 Å². The molecule has 1 saturated carbocycles. The summed E-state index contributed by atoms with van der Waals surface area (Å²) in [5.41, 5.74) is 2.83. The minimum atomic E-state index is 0.1000. The van der Waals surface area contributed by atoms with Crippen LogP contribution in [-0.2, 0) is 0 Å². The van der Waals surface area contributed by atoms with Gasteiger partial charge in [0, 0.05) is 12.4 Å². The molecule has 0 spiro atoms. The summed E-state index contributed by atoms with van der Waals surface area (Å²) in [7, 11) is 0. The van der Waals surface area contributed by atoms with Crippen LogP contribution in [0.5, 0.6) is 0 Å². The molecule has 1 unspecified atom stereocenters. The lowest BCUT2D eigenvalue weighted by molar-refractivity contribution is 0.413. The van der Waals surface area contributed by atoms with Crippen LogP contribution in [0.1, 0.15) is 61.5 Å². The second kappa shape index (κ2) is 6.81. The maximum absolute atomic E-state index is 4.48. The number of nitrogens with zero attached hydrogens (tertiary/aromatic N) is 2. The Morgan fingerprint density at radius 2 is 1.90 bits per heavy atom. The van der Waals surface area contributed by atoms with Gasteiger partial charge in [-0.25, -0.2) is 9.97 Å². The first-order chi connectivity index (χ1) is 10.4. The summed E-state index contributed by atoms with van der Waals surface area (Å²) in [4.78, 5) is 8.96. The van der Waals surface area contributed by atoms with Crippen LogP contribution in [-0.4, -0.2) is 16.5 Å². The molecule has 21 heavy (non-hydrogen) atoms. The van der Waals surface area contributed by atoms with Crippen molar-refractivity contribution in [3.8, 4) is 0 Å². The van der Waals surface area contributed by atoms with Crippen LogP contribution in [0.2, 0.25) is 0 Å². The molecule has 1 aliphatic carbocycles. The lowest BCUT2D eigenvalue weighted by atomic mass is 9.77. The second-order valence-electron chi connectivity index (χ2n) is 5.75. The third-order valence-electron chi connectivity index (χ3n) is 4.29. The lowest BCUT2D eigenvalue weighted by Crippen LogP contribution is -2.27. The zero-order valence-corrected chi connectivity index (χ0v) is 12.6. The van der Waals surface area contributed by atoms with Crippen LogP contribution in [0.25, 0.3) is 0 Å². The Labute approximate surface area is 126 Å². The molecular weight excluding hydrogens is 258 g/mol. The molecule has 3 rings (SSSR count). The highest BCUT2D eigenvalue weighted by atomic mass is 15.0. The van der Waals surface area contributed by atoms with Crippen molar-refractivity contribution in [2.24, 2.45) is 0 Å². The number of rotatable bonds is 6. The quantitative estimate of drug-likeness (QED) is 0.874. The molecule has 0 aliphatic heterocycles. The summed E-state index contributed by atoms with van der Waals surface area (Å²) in [6.07, 6.45) is 8.74. The summed E-state index contributed by atoms with van der Waals surface area (Å²) >= 11 is 0. The fourth-order valence-corrected chi connectivity index (χ4v) is 2.95. The number of aromatic nitrogens is 2. The number of hydrogen-bond donors (Lipinski definition) is 1. The van der Waals surface area contributed by atoms with E-state index in [1.165, 1.54) is 30.4 Å². The van der Waals surface area contributed by atoms with Gasteiger partial charge in [-0.1, -0.05) is 37.6 Å². The van der Waals surface area contributed by atoms with E-state index in [1.54, 1.807) is 0 Å². The number of benzene rings is 1. The molecule has 1 N–H and O–H groups in total. The SMILES string of the molecule is CCCNC(c1ncccn1)c1ccccc1C1CCC1. The van der Waals surface area contributed by atoms with E-state index < -0.39 is 0 Å². The van der Waals surface area contributed by atoms with Crippen LogP contribution in [0.15, 0.2) is 42.7 Å².